The van der Waals surface area contributed by atoms with Crippen molar-refractivity contribution in [2.24, 2.45) is 0 Å². The van der Waals surface area contributed by atoms with Gasteiger partial charge in [-0.05, 0) is 60.4 Å². The number of imidazole rings is 1. The number of hydrogen-bond donors (Lipinski definition) is 2. The Kier molecular flexibility index (Phi) is 5.45. The zero-order chi connectivity index (χ0) is 22.2. The number of carbonyl (C=O) groups excluding carboxylic acids is 1. The van der Waals surface area contributed by atoms with Gasteiger partial charge in [0.05, 0.1) is 28.6 Å². The smallest absolute Gasteiger partial charge is 0.256 e. The number of nitrogens with one attached hydrogen (secondary N) is 2. The number of benzene rings is 2. The van der Waals surface area contributed by atoms with E-state index in [9.17, 15) is 4.79 Å². The van der Waals surface area contributed by atoms with Crippen molar-refractivity contribution >= 4 is 22.6 Å². The molecule has 1 amide bonds. The second-order valence-electron chi connectivity index (χ2n) is 8.81. The molecule has 2 heterocycles. The van der Waals surface area contributed by atoms with Crippen LogP contribution >= 0.6 is 0 Å². The zero-order valence-electron chi connectivity index (χ0n) is 18.6. The van der Waals surface area contributed by atoms with Crippen LogP contribution in [-0.2, 0) is 0 Å². The molecule has 1 aliphatic heterocycles. The molecule has 1 atom stereocenters. The molecule has 6 heteroatoms. The van der Waals surface area contributed by atoms with Gasteiger partial charge in [-0.2, -0.15) is 0 Å². The first-order valence-electron chi connectivity index (χ1n) is 11.6. The number of hydrogen-bond acceptors (Lipinski definition) is 3. The van der Waals surface area contributed by atoms with E-state index in [1.165, 1.54) is 45.2 Å². The van der Waals surface area contributed by atoms with E-state index in [-0.39, 0.29) is 11.5 Å². The topological polar surface area (TPSA) is 59.0 Å². The first-order chi connectivity index (χ1) is 15.6. The molecule has 1 saturated carbocycles. The molecule has 1 aliphatic carbocycles. The lowest BCUT2D eigenvalue weighted by molar-refractivity contribution is 0.0960. The second-order valence-corrected chi connectivity index (χ2v) is 8.81. The van der Waals surface area contributed by atoms with Crippen molar-refractivity contribution in [2.45, 2.75) is 57.4 Å². The quantitative estimate of drug-likeness (QED) is 0.521. The summed E-state index contributed by atoms with van der Waals surface area (Å²) >= 11 is 0. The van der Waals surface area contributed by atoms with E-state index in [0.717, 1.165) is 34.1 Å². The van der Waals surface area contributed by atoms with Gasteiger partial charge in [-0.25, -0.2) is 9.37 Å². The Morgan fingerprint density at radius 2 is 2.06 bits per heavy atom. The predicted octanol–water partition coefficient (Wildman–Crippen LogP) is 6.14. The largest absolute Gasteiger partial charge is 0.361 e. The molecule has 1 aromatic heterocycles. The Balaban J connectivity index is 1.64. The molecule has 5 nitrogen and oxygen atoms in total. The summed E-state index contributed by atoms with van der Waals surface area (Å²) in [6.07, 6.45) is 12.9. The Hall–Kier alpha value is -3.15. The van der Waals surface area contributed by atoms with Crippen molar-refractivity contribution in [3.63, 3.8) is 0 Å². The summed E-state index contributed by atoms with van der Waals surface area (Å²) in [6, 6.07) is 8.23. The van der Waals surface area contributed by atoms with Gasteiger partial charge >= 0.3 is 0 Å². The van der Waals surface area contributed by atoms with Crippen molar-refractivity contribution in [1.82, 2.24) is 14.9 Å². The van der Waals surface area contributed by atoms with E-state index in [0.29, 0.717) is 11.7 Å². The van der Waals surface area contributed by atoms with Gasteiger partial charge in [0.25, 0.3) is 5.91 Å². The average Bonchev–Trinajstić information content (AvgIpc) is 3.26. The molecule has 5 rings (SSSR count). The van der Waals surface area contributed by atoms with Crippen molar-refractivity contribution in [3.8, 4) is 11.1 Å². The monoisotopic (exact) mass is 432 g/mol. The standard InChI is InChI=1S/C26H29FN4O/c1-3-16-11-12-29-25-23(16)19(14-20(27)24(25)26(32)28-2)17-9-10-22-21(13-17)30-15-31(22)18-7-5-4-6-8-18/h9-16,18,29H,3-8H2,1-2H3,(H,28,32). The van der Waals surface area contributed by atoms with Gasteiger partial charge in [0.2, 0.25) is 0 Å². The van der Waals surface area contributed by atoms with Crippen LogP contribution in [0.4, 0.5) is 10.1 Å². The number of fused-ring (bicyclic) bond motifs is 2. The summed E-state index contributed by atoms with van der Waals surface area (Å²) in [5, 5.41) is 5.71. The van der Waals surface area contributed by atoms with Gasteiger partial charge < -0.3 is 15.2 Å². The number of anilines is 1. The van der Waals surface area contributed by atoms with Crippen LogP contribution in [0, 0.1) is 5.82 Å². The Morgan fingerprint density at radius 1 is 1.25 bits per heavy atom. The number of carbonyl (C=O) groups is 1. The summed E-state index contributed by atoms with van der Waals surface area (Å²) in [4.78, 5) is 17.1. The molecule has 2 N–H and O–H groups in total. The lowest BCUT2D eigenvalue weighted by atomic mass is 9.83. The summed E-state index contributed by atoms with van der Waals surface area (Å²) in [5.41, 5.74) is 5.36. The number of rotatable bonds is 4. The lowest BCUT2D eigenvalue weighted by Gasteiger charge is -2.27. The maximum Gasteiger partial charge on any atom is 0.256 e. The minimum Gasteiger partial charge on any atom is -0.361 e. The predicted molar refractivity (Wildman–Crippen MR) is 126 cm³/mol. The lowest BCUT2D eigenvalue weighted by Crippen LogP contribution is -2.23. The fourth-order valence-corrected chi connectivity index (χ4v) is 5.32. The third-order valence-electron chi connectivity index (χ3n) is 6.99. The number of allylic oxidation sites excluding steroid dienone is 1. The molecule has 32 heavy (non-hydrogen) atoms. The minimum atomic E-state index is -0.524. The van der Waals surface area contributed by atoms with Crippen LogP contribution in [0.3, 0.4) is 0 Å². The number of amides is 1. The first kappa shape index (κ1) is 20.7. The Labute approximate surface area is 187 Å². The van der Waals surface area contributed by atoms with E-state index in [1.807, 2.05) is 12.4 Å². The highest BCUT2D eigenvalue weighted by Crippen LogP contribution is 2.43. The van der Waals surface area contributed by atoms with Gasteiger partial charge in [0.15, 0.2) is 0 Å². The molecule has 3 aromatic rings. The molecule has 1 unspecified atom stereocenters. The third kappa shape index (κ3) is 3.38. The highest BCUT2D eigenvalue weighted by molar-refractivity contribution is 6.03. The van der Waals surface area contributed by atoms with Gasteiger partial charge in [-0.15, -0.1) is 0 Å². The number of halogens is 1. The molecular weight excluding hydrogens is 403 g/mol. The van der Waals surface area contributed by atoms with Crippen LogP contribution in [0.2, 0.25) is 0 Å². The highest BCUT2D eigenvalue weighted by atomic mass is 19.1. The van der Waals surface area contributed by atoms with Crippen LogP contribution in [0.25, 0.3) is 22.2 Å². The number of nitrogens with zero attached hydrogens (tertiary/aromatic N) is 2. The molecule has 0 saturated heterocycles. The molecule has 0 bridgehead atoms. The van der Waals surface area contributed by atoms with E-state index in [1.54, 1.807) is 6.20 Å². The van der Waals surface area contributed by atoms with E-state index >= 15 is 4.39 Å². The van der Waals surface area contributed by atoms with Gasteiger partial charge in [0.1, 0.15) is 5.82 Å². The normalized spacial score (nSPS) is 18.4. The molecule has 0 spiro atoms. The van der Waals surface area contributed by atoms with Crippen molar-refractivity contribution in [3.05, 3.63) is 59.8 Å². The zero-order valence-corrected chi connectivity index (χ0v) is 18.6. The number of aromatic nitrogens is 2. The average molecular weight is 433 g/mol. The second kappa shape index (κ2) is 8.41. The summed E-state index contributed by atoms with van der Waals surface area (Å²) < 4.78 is 17.5. The molecule has 1 fully saturated rings. The molecule has 166 valence electrons. The van der Waals surface area contributed by atoms with Crippen LogP contribution in [0.1, 0.15) is 73.3 Å². The SMILES string of the molecule is CCC1C=CNc2c(C(=O)NC)c(F)cc(-c3ccc4c(c3)ncn4C3CCCCC3)c21. The minimum absolute atomic E-state index is 0.0664. The van der Waals surface area contributed by atoms with Gasteiger partial charge in [-0.3, -0.25) is 4.79 Å². The first-order valence-corrected chi connectivity index (χ1v) is 11.6. The van der Waals surface area contributed by atoms with Crippen LogP contribution in [-0.4, -0.2) is 22.5 Å². The van der Waals surface area contributed by atoms with E-state index in [4.69, 9.17) is 0 Å². The molecular formula is C26H29FN4O. The van der Waals surface area contributed by atoms with E-state index in [2.05, 4.69) is 45.3 Å². The molecule has 0 radical (unpaired) electrons. The van der Waals surface area contributed by atoms with Gasteiger partial charge in [-0.1, -0.05) is 38.3 Å². The molecule has 2 aliphatic rings. The summed E-state index contributed by atoms with van der Waals surface area (Å²) in [6.45, 7) is 2.10. The van der Waals surface area contributed by atoms with Crippen molar-refractivity contribution < 1.29 is 9.18 Å². The fraction of sp³-hybridized carbons (Fsp3) is 0.385. The van der Waals surface area contributed by atoms with E-state index < -0.39 is 11.7 Å². The summed E-state index contributed by atoms with van der Waals surface area (Å²) in [7, 11) is 1.52. The third-order valence-corrected chi connectivity index (χ3v) is 6.99. The van der Waals surface area contributed by atoms with Crippen LogP contribution < -0.4 is 10.6 Å². The maximum atomic E-state index is 15.2. The maximum absolute atomic E-state index is 15.2. The van der Waals surface area contributed by atoms with Crippen LogP contribution in [0.5, 0.6) is 0 Å². The Bertz CT molecular complexity index is 1210. The Morgan fingerprint density at radius 3 is 2.81 bits per heavy atom. The highest BCUT2D eigenvalue weighted by Gasteiger charge is 2.28. The van der Waals surface area contributed by atoms with Crippen molar-refractivity contribution in [2.75, 3.05) is 12.4 Å². The van der Waals surface area contributed by atoms with Crippen molar-refractivity contribution in [1.29, 1.82) is 0 Å². The molecule has 2 aromatic carbocycles. The summed E-state index contributed by atoms with van der Waals surface area (Å²) in [5.74, 6) is -0.853. The fourth-order valence-electron chi connectivity index (χ4n) is 5.32. The van der Waals surface area contributed by atoms with Crippen LogP contribution in [0.15, 0.2) is 42.9 Å². The van der Waals surface area contributed by atoms with Gasteiger partial charge in [0, 0.05) is 19.0 Å².